The zero-order valence-corrected chi connectivity index (χ0v) is 6.57. The molecule has 1 aromatic heterocycles. The Morgan fingerprint density at radius 3 is 3.17 bits per heavy atom. The second kappa shape index (κ2) is 1.97. The van der Waals surface area contributed by atoms with Gasteiger partial charge < -0.3 is 4.57 Å². The third-order valence-corrected chi connectivity index (χ3v) is 2.29. The first-order valence-electron chi connectivity index (χ1n) is 4.03. The second-order valence-corrected chi connectivity index (χ2v) is 3.01. The Morgan fingerprint density at radius 1 is 1.25 bits per heavy atom. The van der Waals surface area contributed by atoms with E-state index < -0.39 is 0 Å². The third-order valence-electron chi connectivity index (χ3n) is 2.29. The number of nitrogens with zero attached hydrogens (tertiary/aromatic N) is 2. The molecule has 0 spiro atoms. The fourth-order valence-corrected chi connectivity index (χ4v) is 1.71. The highest BCUT2D eigenvalue weighted by atomic mass is 15.1. The van der Waals surface area contributed by atoms with Gasteiger partial charge in [-0.3, -0.25) is 4.99 Å². The molecule has 0 radical (unpaired) electrons. The molecule has 0 amide bonds. The van der Waals surface area contributed by atoms with Gasteiger partial charge in [0, 0.05) is 11.6 Å². The number of hydrogen-bond acceptors (Lipinski definition) is 1. The lowest BCUT2D eigenvalue weighted by Gasteiger charge is -1.96. The Bertz CT molecular complexity index is 466. The molecule has 2 heterocycles. The first-order valence-corrected chi connectivity index (χ1v) is 4.03. The van der Waals surface area contributed by atoms with Crippen molar-refractivity contribution in [1.29, 1.82) is 0 Å². The van der Waals surface area contributed by atoms with Crippen LogP contribution in [0.5, 0.6) is 0 Å². The Labute approximate surface area is 70.2 Å². The van der Waals surface area contributed by atoms with Crippen LogP contribution in [-0.2, 0) is 6.67 Å². The monoisotopic (exact) mass is 156 g/mol. The normalized spacial score (nSPS) is 14.0. The van der Waals surface area contributed by atoms with Gasteiger partial charge in [0.05, 0.1) is 11.2 Å². The van der Waals surface area contributed by atoms with Gasteiger partial charge in [-0.15, -0.1) is 0 Å². The van der Waals surface area contributed by atoms with Crippen LogP contribution in [0.1, 0.15) is 5.69 Å². The van der Waals surface area contributed by atoms with Crippen molar-refractivity contribution in [1.82, 2.24) is 4.57 Å². The Kier molecular flexibility index (Phi) is 0.987. The summed E-state index contributed by atoms with van der Waals surface area (Å²) in [6.45, 7) is 0.781. The van der Waals surface area contributed by atoms with Gasteiger partial charge in [-0.25, -0.2) is 0 Å². The van der Waals surface area contributed by atoms with Crippen LogP contribution in [0.3, 0.4) is 0 Å². The maximum atomic E-state index is 4.20. The Balaban J connectivity index is 2.49. The molecule has 0 saturated carbocycles. The average Bonchev–Trinajstić information content (AvgIpc) is 2.62. The number of benzene rings is 1. The molecule has 0 unspecified atom stereocenters. The van der Waals surface area contributed by atoms with Crippen molar-refractivity contribution in [2.45, 2.75) is 6.67 Å². The molecule has 0 bridgehead atoms. The number of para-hydroxylation sites is 1. The van der Waals surface area contributed by atoms with Gasteiger partial charge >= 0.3 is 0 Å². The standard InChI is InChI=1S/C10H8N2/c1-2-4-10-8(3-1)5-9-6-11-7-12(9)10/h1-6H,7H2. The van der Waals surface area contributed by atoms with Crippen LogP contribution >= 0.6 is 0 Å². The quantitative estimate of drug-likeness (QED) is 0.555. The highest BCUT2D eigenvalue weighted by Crippen LogP contribution is 2.20. The molecule has 2 heteroatoms. The molecule has 2 nitrogen and oxygen atoms in total. The van der Waals surface area contributed by atoms with Crippen LogP contribution in [0.2, 0.25) is 0 Å². The molecule has 12 heavy (non-hydrogen) atoms. The van der Waals surface area contributed by atoms with Gasteiger partial charge in [-0.05, 0) is 12.1 Å². The molecule has 58 valence electrons. The van der Waals surface area contributed by atoms with Crippen molar-refractivity contribution in [2.24, 2.45) is 4.99 Å². The molecule has 1 aliphatic heterocycles. The van der Waals surface area contributed by atoms with Crippen LogP contribution in [0, 0.1) is 0 Å². The predicted octanol–water partition coefficient (Wildman–Crippen LogP) is 2.03. The van der Waals surface area contributed by atoms with E-state index in [9.17, 15) is 0 Å². The maximum absolute atomic E-state index is 4.20. The van der Waals surface area contributed by atoms with E-state index in [1.54, 1.807) is 0 Å². The topological polar surface area (TPSA) is 17.3 Å². The van der Waals surface area contributed by atoms with Crippen molar-refractivity contribution in [3.05, 3.63) is 36.0 Å². The highest BCUT2D eigenvalue weighted by molar-refractivity contribution is 5.91. The predicted molar refractivity (Wildman–Crippen MR) is 49.5 cm³/mol. The van der Waals surface area contributed by atoms with Crippen molar-refractivity contribution < 1.29 is 0 Å². The van der Waals surface area contributed by atoms with Crippen molar-refractivity contribution in [3.8, 4) is 0 Å². The fourth-order valence-electron chi connectivity index (χ4n) is 1.71. The van der Waals surface area contributed by atoms with E-state index in [2.05, 4.69) is 39.9 Å². The maximum Gasteiger partial charge on any atom is 0.115 e. The van der Waals surface area contributed by atoms with Gasteiger partial charge in [0.1, 0.15) is 6.67 Å². The van der Waals surface area contributed by atoms with Crippen LogP contribution < -0.4 is 0 Å². The van der Waals surface area contributed by atoms with Crippen molar-refractivity contribution in [3.63, 3.8) is 0 Å². The molecule has 1 aromatic carbocycles. The molecular weight excluding hydrogens is 148 g/mol. The molecule has 3 rings (SSSR count). The average molecular weight is 156 g/mol. The number of aliphatic imine (C=N–C) groups is 1. The van der Waals surface area contributed by atoms with Gasteiger partial charge in [0.15, 0.2) is 0 Å². The fraction of sp³-hybridized carbons (Fsp3) is 0.100. The lowest BCUT2D eigenvalue weighted by atomic mass is 10.2. The molecule has 0 saturated heterocycles. The zero-order chi connectivity index (χ0) is 7.97. The summed E-state index contributed by atoms with van der Waals surface area (Å²) in [5.41, 5.74) is 2.50. The van der Waals surface area contributed by atoms with E-state index in [0.29, 0.717) is 0 Å². The summed E-state index contributed by atoms with van der Waals surface area (Å²) in [5.74, 6) is 0. The first-order chi connectivity index (χ1) is 5.95. The number of hydrogen-bond donors (Lipinski definition) is 0. The summed E-state index contributed by atoms with van der Waals surface area (Å²) >= 11 is 0. The summed E-state index contributed by atoms with van der Waals surface area (Å²) in [4.78, 5) is 4.20. The minimum atomic E-state index is 0.781. The minimum Gasteiger partial charge on any atom is -0.319 e. The summed E-state index contributed by atoms with van der Waals surface area (Å²) in [6.07, 6.45) is 1.93. The third kappa shape index (κ3) is 0.619. The van der Waals surface area contributed by atoms with Crippen LogP contribution in [0.15, 0.2) is 35.3 Å². The highest BCUT2D eigenvalue weighted by Gasteiger charge is 2.08. The van der Waals surface area contributed by atoms with E-state index in [0.717, 1.165) is 6.67 Å². The van der Waals surface area contributed by atoms with Gasteiger partial charge in [-0.1, -0.05) is 18.2 Å². The largest absolute Gasteiger partial charge is 0.319 e. The molecule has 0 N–H and O–H groups in total. The lowest BCUT2D eigenvalue weighted by molar-refractivity contribution is 0.795. The summed E-state index contributed by atoms with van der Waals surface area (Å²) < 4.78 is 2.22. The van der Waals surface area contributed by atoms with E-state index in [1.807, 2.05) is 6.21 Å². The Morgan fingerprint density at radius 2 is 2.17 bits per heavy atom. The molecule has 0 atom stereocenters. The summed E-state index contributed by atoms with van der Waals surface area (Å²) in [6, 6.07) is 10.6. The number of rotatable bonds is 0. The second-order valence-electron chi connectivity index (χ2n) is 3.01. The van der Waals surface area contributed by atoms with Crippen LogP contribution in [0.4, 0.5) is 0 Å². The van der Waals surface area contributed by atoms with Crippen LogP contribution in [0.25, 0.3) is 10.9 Å². The molecular formula is C10H8N2. The molecule has 2 aromatic rings. The van der Waals surface area contributed by atoms with E-state index in [-0.39, 0.29) is 0 Å². The van der Waals surface area contributed by atoms with E-state index >= 15 is 0 Å². The number of aromatic nitrogens is 1. The van der Waals surface area contributed by atoms with Crippen LogP contribution in [-0.4, -0.2) is 10.8 Å². The van der Waals surface area contributed by atoms with Crippen molar-refractivity contribution in [2.75, 3.05) is 0 Å². The van der Waals surface area contributed by atoms with E-state index in [1.165, 1.54) is 16.6 Å². The van der Waals surface area contributed by atoms with E-state index in [4.69, 9.17) is 0 Å². The van der Waals surface area contributed by atoms with Crippen molar-refractivity contribution >= 4 is 17.1 Å². The molecule has 0 aliphatic carbocycles. The summed E-state index contributed by atoms with van der Waals surface area (Å²) in [7, 11) is 0. The Hall–Kier alpha value is -1.57. The zero-order valence-electron chi connectivity index (χ0n) is 6.57. The lowest BCUT2D eigenvalue weighted by Crippen LogP contribution is -1.91. The molecule has 0 fully saturated rings. The SMILES string of the molecule is C1=NCn2c1cc1ccccc12. The first kappa shape index (κ1) is 6.00. The van der Waals surface area contributed by atoms with Gasteiger partial charge in [-0.2, -0.15) is 0 Å². The minimum absolute atomic E-state index is 0.781. The summed E-state index contributed by atoms with van der Waals surface area (Å²) in [5, 5.41) is 1.30. The smallest absolute Gasteiger partial charge is 0.115 e. The van der Waals surface area contributed by atoms with Gasteiger partial charge in [0.25, 0.3) is 0 Å². The number of fused-ring (bicyclic) bond motifs is 3. The molecule has 1 aliphatic rings. The van der Waals surface area contributed by atoms with Gasteiger partial charge in [0.2, 0.25) is 0 Å².